The summed E-state index contributed by atoms with van der Waals surface area (Å²) in [6, 6.07) is 0. The van der Waals surface area contributed by atoms with Crippen LogP contribution in [0.3, 0.4) is 0 Å². The van der Waals surface area contributed by atoms with Crippen LogP contribution in [0.25, 0.3) is 0 Å². The first-order chi connectivity index (χ1) is 4.41. The highest BCUT2D eigenvalue weighted by molar-refractivity contribution is 8.58. The molecule has 0 bridgehead atoms. The molecule has 0 unspecified atom stereocenters. The van der Waals surface area contributed by atoms with Gasteiger partial charge in [-0.15, -0.1) is 0 Å². The fourth-order valence-electron chi connectivity index (χ4n) is 0.820. The largest absolute Gasteiger partial charge is 0.481 e. The minimum absolute atomic E-state index is 0.709. The predicted octanol–water partition coefficient (Wildman–Crippen LogP) is 1.47. The first kappa shape index (κ1) is 6.38. The summed E-state index contributed by atoms with van der Waals surface area (Å²) >= 11 is 1.70. The van der Waals surface area contributed by atoms with Gasteiger partial charge in [0.1, 0.15) is 31.2 Å². The van der Waals surface area contributed by atoms with E-state index in [0.717, 1.165) is 12.4 Å². The molecule has 0 aromatic heterocycles. The molecule has 0 aromatic carbocycles. The lowest BCUT2D eigenvalue weighted by atomic mass is 10.8. The summed E-state index contributed by atoms with van der Waals surface area (Å²) in [4.78, 5) is 0. The lowest BCUT2D eigenvalue weighted by Crippen LogP contribution is -1.85. The quantitative estimate of drug-likeness (QED) is 0.510. The van der Waals surface area contributed by atoms with Gasteiger partial charge in [0.25, 0.3) is 0 Å². The Hall–Kier alpha value is 0.660. The molecule has 0 saturated carbocycles. The summed E-state index contributed by atoms with van der Waals surface area (Å²) in [7, 11) is -1.78. The molecule has 0 radical (unpaired) electrons. The maximum atomic E-state index is 5.33. The molecule has 2 aliphatic heterocycles. The van der Waals surface area contributed by atoms with E-state index in [2.05, 4.69) is 0 Å². The van der Waals surface area contributed by atoms with Gasteiger partial charge < -0.3 is 0 Å². The molecule has 9 heavy (non-hydrogen) atoms. The Morgan fingerprint density at radius 2 is 1.67 bits per heavy atom. The SMILES string of the molecule is C1CO[P+]2(O1)OCCS2. The molecule has 1 spiro atoms. The van der Waals surface area contributed by atoms with Gasteiger partial charge in [0.2, 0.25) is 0 Å². The lowest BCUT2D eigenvalue weighted by molar-refractivity contribution is 0.263. The molecular weight excluding hydrogens is 159 g/mol. The average Bonchev–Trinajstić information content (AvgIpc) is 2.45. The molecule has 2 saturated heterocycles. The van der Waals surface area contributed by atoms with Gasteiger partial charge in [-0.05, 0) is 0 Å². The van der Waals surface area contributed by atoms with Crippen LogP contribution in [0.5, 0.6) is 0 Å². The van der Waals surface area contributed by atoms with Gasteiger partial charge in [-0.25, -0.2) is 0 Å². The van der Waals surface area contributed by atoms with Crippen molar-refractivity contribution in [3.05, 3.63) is 0 Å². The van der Waals surface area contributed by atoms with Crippen LogP contribution in [-0.2, 0) is 13.6 Å². The van der Waals surface area contributed by atoms with Crippen LogP contribution in [0, 0.1) is 0 Å². The Morgan fingerprint density at radius 3 is 2.22 bits per heavy atom. The Bertz CT molecular complexity index is 90.9. The molecular formula is C4H8O3PS+. The van der Waals surface area contributed by atoms with E-state index in [0.29, 0.717) is 13.2 Å². The van der Waals surface area contributed by atoms with E-state index in [1.165, 1.54) is 0 Å². The Labute approximate surface area is 58.4 Å². The normalized spacial score (nSPS) is 32.0. The van der Waals surface area contributed by atoms with E-state index in [-0.39, 0.29) is 0 Å². The zero-order valence-corrected chi connectivity index (χ0v) is 6.62. The van der Waals surface area contributed by atoms with Gasteiger partial charge in [-0.1, -0.05) is 0 Å². The molecule has 3 nitrogen and oxygen atoms in total. The van der Waals surface area contributed by atoms with E-state index in [4.69, 9.17) is 13.6 Å². The van der Waals surface area contributed by atoms with Crippen LogP contribution >= 0.6 is 18.5 Å². The van der Waals surface area contributed by atoms with Gasteiger partial charge >= 0.3 is 7.15 Å². The molecule has 2 heterocycles. The van der Waals surface area contributed by atoms with E-state index in [9.17, 15) is 0 Å². The number of rotatable bonds is 0. The zero-order chi connectivity index (χ0) is 6.16. The van der Waals surface area contributed by atoms with Crippen molar-refractivity contribution < 1.29 is 13.6 Å². The molecule has 0 aromatic rings. The van der Waals surface area contributed by atoms with Crippen molar-refractivity contribution in [2.75, 3.05) is 25.6 Å². The zero-order valence-electron chi connectivity index (χ0n) is 4.91. The summed E-state index contributed by atoms with van der Waals surface area (Å²) in [5.41, 5.74) is 0. The Balaban J connectivity index is 2.04. The molecule has 0 aliphatic carbocycles. The number of hydrogen-bond donors (Lipinski definition) is 0. The minimum atomic E-state index is -1.78. The van der Waals surface area contributed by atoms with Crippen LogP contribution in [0.4, 0.5) is 0 Å². The van der Waals surface area contributed by atoms with Gasteiger partial charge in [0, 0.05) is 0 Å². The van der Waals surface area contributed by atoms with Crippen molar-refractivity contribution in [1.82, 2.24) is 0 Å². The van der Waals surface area contributed by atoms with Crippen molar-refractivity contribution in [1.29, 1.82) is 0 Å². The molecule has 2 fully saturated rings. The fraction of sp³-hybridized carbons (Fsp3) is 1.00. The lowest BCUT2D eigenvalue weighted by Gasteiger charge is -2.02. The molecule has 0 N–H and O–H groups in total. The third-order valence-corrected chi connectivity index (χ3v) is 5.77. The second-order valence-electron chi connectivity index (χ2n) is 1.78. The van der Waals surface area contributed by atoms with Crippen LogP contribution in [0.15, 0.2) is 0 Å². The molecule has 2 aliphatic rings. The van der Waals surface area contributed by atoms with Crippen molar-refractivity contribution in [2.45, 2.75) is 0 Å². The predicted molar refractivity (Wildman–Crippen MR) is 37.2 cm³/mol. The van der Waals surface area contributed by atoms with Crippen molar-refractivity contribution in [3.8, 4) is 0 Å². The summed E-state index contributed by atoms with van der Waals surface area (Å²) in [5.74, 6) is 1.02. The highest BCUT2D eigenvalue weighted by Crippen LogP contribution is 2.77. The second-order valence-corrected chi connectivity index (χ2v) is 6.23. The standard InChI is InChI=1S/C4H8O3PS/c1-2-6-8(5-1)7-3-4-9-8/h1-4H2/q+1. The minimum Gasteiger partial charge on any atom is -0.168 e. The monoisotopic (exact) mass is 167 g/mol. The van der Waals surface area contributed by atoms with E-state index >= 15 is 0 Å². The van der Waals surface area contributed by atoms with Gasteiger partial charge in [-0.2, -0.15) is 13.6 Å². The van der Waals surface area contributed by atoms with Crippen LogP contribution in [0.2, 0.25) is 0 Å². The van der Waals surface area contributed by atoms with Gasteiger partial charge in [-0.3, -0.25) is 0 Å². The van der Waals surface area contributed by atoms with E-state index in [1.54, 1.807) is 11.4 Å². The van der Waals surface area contributed by atoms with E-state index < -0.39 is 7.15 Å². The third-order valence-electron chi connectivity index (χ3n) is 1.16. The average molecular weight is 167 g/mol. The van der Waals surface area contributed by atoms with Gasteiger partial charge in [0.15, 0.2) is 0 Å². The molecule has 52 valence electrons. The Morgan fingerprint density at radius 1 is 1.00 bits per heavy atom. The summed E-state index contributed by atoms with van der Waals surface area (Å²) in [5, 5.41) is 0. The highest BCUT2D eigenvalue weighted by atomic mass is 32.7. The summed E-state index contributed by atoms with van der Waals surface area (Å²) in [6.45, 7) is 2.21. The number of hydrogen-bond acceptors (Lipinski definition) is 4. The van der Waals surface area contributed by atoms with Crippen LogP contribution in [-0.4, -0.2) is 25.6 Å². The molecule has 0 atom stereocenters. The maximum Gasteiger partial charge on any atom is 0.481 e. The maximum absolute atomic E-state index is 5.33. The smallest absolute Gasteiger partial charge is 0.168 e. The fourth-order valence-corrected chi connectivity index (χ4v) is 4.92. The first-order valence-electron chi connectivity index (χ1n) is 2.88. The van der Waals surface area contributed by atoms with Crippen molar-refractivity contribution in [2.24, 2.45) is 0 Å². The van der Waals surface area contributed by atoms with Gasteiger partial charge in [0.05, 0.1) is 5.75 Å². The third kappa shape index (κ3) is 1.10. The molecule has 2 rings (SSSR count). The van der Waals surface area contributed by atoms with Crippen molar-refractivity contribution in [3.63, 3.8) is 0 Å². The molecule has 5 heteroatoms. The van der Waals surface area contributed by atoms with E-state index in [1.807, 2.05) is 0 Å². The van der Waals surface area contributed by atoms with Crippen LogP contribution < -0.4 is 0 Å². The van der Waals surface area contributed by atoms with Crippen LogP contribution in [0.1, 0.15) is 0 Å². The first-order valence-corrected chi connectivity index (χ1v) is 6.02. The highest BCUT2D eigenvalue weighted by Gasteiger charge is 2.55. The summed E-state index contributed by atoms with van der Waals surface area (Å²) < 4.78 is 16.0. The topological polar surface area (TPSA) is 27.7 Å². The molecule has 0 amide bonds. The Kier molecular flexibility index (Phi) is 1.67. The second kappa shape index (κ2) is 2.36. The van der Waals surface area contributed by atoms with Crippen molar-refractivity contribution >= 4 is 18.5 Å². The summed E-state index contributed by atoms with van der Waals surface area (Å²) in [6.07, 6.45) is 0.